The van der Waals surface area contributed by atoms with Crippen molar-refractivity contribution in [3.05, 3.63) is 35.4 Å². The highest BCUT2D eigenvalue weighted by Crippen LogP contribution is 2.45. The molecule has 1 N–H and O–H groups in total. The van der Waals surface area contributed by atoms with Crippen LogP contribution in [-0.4, -0.2) is 11.1 Å². The lowest BCUT2D eigenvalue weighted by Crippen LogP contribution is -2.30. The lowest BCUT2D eigenvalue weighted by molar-refractivity contribution is -0.148. The first-order valence-corrected chi connectivity index (χ1v) is 7.79. The van der Waals surface area contributed by atoms with Crippen molar-refractivity contribution in [1.82, 2.24) is 0 Å². The Labute approximate surface area is 122 Å². The maximum absolute atomic E-state index is 11.8. The molecule has 1 aromatic carbocycles. The summed E-state index contributed by atoms with van der Waals surface area (Å²) >= 11 is 0. The zero-order valence-corrected chi connectivity index (χ0v) is 12.9. The third-order valence-corrected chi connectivity index (χ3v) is 4.93. The van der Waals surface area contributed by atoms with E-state index in [1.807, 2.05) is 0 Å². The highest BCUT2D eigenvalue weighted by atomic mass is 16.4. The molecule has 0 aromatic heterocycles. The van der Waals surface area contributed by atoms with Crippen LogP contribution in [0.1, 0.15) is 63.5 Å². The van der Waals surface area contributed by atoms with Gasteiger partial charge >= 0.3 is 5.97 Å². The minimum absolute atomic E-state index is 0.522. The Hall–Kier alpha value is -1.31. The van der Waals surface area contributed by atoms with E-state index in [1.165, 1.54) is 5.56 Å². The molecule has 1 saturated carbocycles. The Morgan fingerprint density at radius 2 is 2.00 bits per heavy atom. The molecule has 20 heavy (non-hydrogen) atoms. The molecule has 0 radical (unpaired) electrons. The average molecular weight is 274 g/mol. The highest BCUT2D eigenvalue weighted by Gasteiger charge is 2.44. The normalized spacial score (nSPS) is 26.1. The summed E-state index contributed by atoms with van der Waals surface area (Å²) < 4.78 is 0. The van der Waals surface area contributed by atoms with Crippen molar-refractivity contribution in [1.29, 1.82) is 0 Å². The molecule has 1 aromatic rings. The molecule has 1 aliphatic carbocycles. The standard InChI is InChI=1S/C18H26O2/c1-4-14-9-10-18(11-14,17(19)20)12-15-5-7-16(8-6-15)13(2)3/h5-8,13-14H,4,9-12H2,1-3H3,(H,19,20). The van der Waals surface area contributed by atoms with Crippen LogP contribution in [-0.2, 0) is 11.2 Å². The second-order valence-electron chi connectivity index (χ2n) is 6.68. The van der Waals surface area contributed by atoms with Crippen LogP contribution in [0.25, 0.3) is 0 Å². The fraction of sp³-hybridized carbons (Fsp3) is 0.611. The van der Waals surface area contributed by atoms with Crippen molar-refractivity contribution in [2.45, 2.75) is 58.8 Å². The van der Waals surface area contributed by atoms with E-state index in [0.717, 1.165) is 31.2 Å². The molecule has 2 atom stereocenters. The van der Waals surface area contributed by atoms with Crippen LogP contribution in [0.4, 0.5) is 0 Å². The molecule has 110 valence electrons. The van der Waals surface area contributed by atoms with Crippen LogP contribution in [0, 0.1) is 11.3 Å². The van der Waals surface area contributed by atoms with Gasteiger partial charge in [0.05, 0.1) is 5.41 Å². The summed E-state index contributed by atoms with van der Waals surface area (Å²) in [7, 11) is 0. The first-order chi connectivity index (χ1) is 9.47. The molecule has 0 aliphatic heterocycles. The van der Waals surface area contributed by atoms with Gasteiger partial charge in [-0.05, 0) is 48.6 Å². The van der Waals surface area contributed by atoms with Gasteiger partial charge in [0.1, 0.15) is 0 Å². The van der Waals surface area contributed by atoms with E-state index in [0.29, 0.717) is 18.3 Å². The molecular weight excluding hydrogens is 248 g/mol. The van der Waals surface area contributed by atoms with E-state index in [9.17, 15) is 9.90 Å². The predicted octanol–water partition coefficient (Wildman–Crippen LogP) is 4.63. The van der Waals surface area contributed by atoms with Gasteiger partial charge in [-0.25, -0.2) is 0 Å². The molecule has 0 amide bonds. The molecule has 2 unspecified atom stereocenters. The number of hydrogen-bond acceptors (Lipinski definition) is 1. The van der Waals surface area contributed by atoms with Gasteiger partial charge in [0.2, 0.25) is 0 Å². The number of carbonyl (C=O) groups is 1. The number of rotatable bonds is 5. The molecule has 2 nitrogen and oxygen atoms in total. The SMILES string of the molecule is CCC1CCC(Cc2ccc(C(C)C)cc2)(C(=O)O)C1. The Bertz CT molecular complexity index is 461. The number of hydrogen-bond donors (Lipinski definition) is 1. The van der Waals surface area contributed by atoms with E-state index in [4.69, 9.17) is 0 Å². The summed E-state index contributed by atoms with van der Waals surface area (Å²) in [4.78, 5) is 11.8. The van der Waals surface area contributed by atoms with Gasteiger partial charge in [-0.2, -0.15) is 0 Å². The fourth-order valence-corrected chi connectivity index (χ4v) is 3.43. The Balaban J connectivity index is 2.15. The molecule has 0 bridgehead atoms. The van der Waals surface area contributed by atoms with Gasteiger partial charge < -0.3 is 5.11 Å². The van der Waals surface area contributed by atoms with Crippen molar-refractivity contribution in [2.24, 2.45) is 11.3 Å². The van der Waals surface area contributed by atoms with E-state index >= 15 is 0 Å². The third-order valence-electron chi connectivity index (χ3n) is 4.93. The largest absolute Gasteiger partial charge is 0.481 e. The molecule has 0 spiro atoms. The fourth-order valence-electron chi connectivity index (χ4n) is 3.43. The minimum atomic E-state index is -0.610. The summed E-state index contributed by atoms with van der Waals surface area (Å²) in [5.41, 5.74) is 1.95. The van der Waals surface area contributed by atoms with Crippen molar-refractivity contribution in [3.63, 3.8) is 0 Å². The van der Waals surface area contributed by atoms with Crippen molar-refractivity contribution in [2.75, 3.05) is 0 Å². The van der Waals surface area contributed by atoms with Gasteiger partial charge in [0.25, 0.3) is 0 Å². The monoisotopic (exact) mass is 274 g/mol. The van der Waals surface area contributed by atoms with Crippen LogP contribution >= 0.6 is 0 Å². The van der Waals surface area contributed by atoms with E-state index in [-0.39, 0.29) is 0 Å². The second-order valence-corrected chi connectivity index (χ2v) is 6.68. The molecule has 0 saturated heterocycles. The summed E-state index contributed by atoms with van der Waals surface area (Å²) in [5, 5.41) is 9.68. The number of benzene rings is 1. The topological polar surface area (TPSA) is 37.3 Å². The number of carboxylic acids is 1. The van der Waals surface area contributed by atoms with E-state index < -0.39 is 11.4 Å². The predicted molar refractivity (Wildman–Crippen MR) is 81.9 cm³/mol. The Kier molecular flexibility index (Phi) is 4.52. The minimum Gasteiger partial charge on any atom is -0.481 e. The number of carboxylic acid groups (broad SMARTS) is 1. The van der Waals surface area contributed by atoms with Crippen LogP contribution in [0.3, 0.4) is 0 Å². The Morgan fingerprint density at radius 3 is 2.45 bits per heavy atom. The maximum atomic E-state index is 11.8. The van der Waals surface area contributed by atoms with Gasteiger partial charge in [-0.3, -0.25) is 4.79 Å². The Morgan fingerprint density at radius 1 is 1.35 bits per heavy atom. The lowest BCUT2D eigenvalue weighted by Gasteiger charge is -2.24. The van der Waals surface area contributed by atoms with Gasteiger partial charge in [-0.1, -0.05) is 51.5 Å². The third kappa shape index (κ3) is 3.05. The molecular formula is C18H26O2. The first kappa shape index (κ1) is 15.1. The highest BCUT2D eigenvalue weighted by molar-refractivity contribution is 5.75. The first-order valence-electron chi connectivity index (χ1n) is 7.79. The molecule has 0 heterocycles. The lowest BCUT2D eigenvalue weighted by atomic mass is 9.79. The summed E-state index contributed by atoms with van der Waals surface area (Å²) in [6, 6.07) is 8.50. The van der Waals surface area contributed by atoms with E-state index in [1.54, 1.807) is 0 Å². The smallest absolute Gasteiger partial charge is 0.309 e. The zero-order chi connectivity index (χ0) is 14.8. The van der Waals surface area contributed by atoms with Gasteiger partial charge in [0.15, 0.2) is 0 Å². The average Bonchev–Trinajstić information content (AvgIpc) is 2.84. The van der Waals surface area contributed by atoms with Gasteiger partial charge in [-0.15, -0.1) is 0 Å². The van der Waals surface area contributed by atoms with Crippen molar-refractivity contribution >= 4 is 5.97 Å². The molecule has 1 fully saturated rings. The molecule has 1 aliphatic rings. The van der Waals surface area contributed by atoms with Crippen LogP contribution in [0.2, 0.25) is 0 Å². The van der Waals surface area contributed by atoms with Crippen LogP contribution in [0.5, 0.6) is 0 Å². The van der Waals surface area contributed by atoms with E-state index in [2.05, 4.69) is 45.0 Å². The quantitative estimate of drug-likeness (QED) is 0.849. The van der Waals surface area contributed by atoms with Gasteiger partial charge in [0, 0.05) is 0 Å². The summed E-state index contributed by atoms with van der Waals surface area (Å²) in [5.74, 6) is 0.496. The number of aliphatic carboxylic acids is 1. The second kappa shape index (κ2) is 5.99. The van der Waals surface area contributed by atoms with Crippen molar-refractivity contribution < 1.29 is 9.90 Å². The molecule has 2 rings (SSSR count). The maximum Gasteiger partial charge on any atom is 0.309 e. The summed E-state index contributed by atoms with van der Waals surface area (Å²) in [6.45, 7) is 6.52. The summed E-state index contributed by atoms with van der Waals surface area (Å²) in [6.07, 6.45) is 4.50. The van der Waals surface area contributed by atoms with Crippen LogP contribution in [0.15, 0.2) is 24.3 Å². The van der Waals surface area contributed by atoms with Crippen molar-refractivity contribution in [3.8, 4) is 0 Å². The molecule has 2 heteroatoms. The van der Waals surface area contributed by atoms with Crippen LogP contribution < -0.4 is 0 Å². The zero-order valence-electron chi connectivity index (χ0n) is 12.9.